The molecule has 0 radical (unpaired) electrons. The maximum atomic E-state index is 3.65. The van der Waals surface area contributed by atoms with Crippen LogP contribution in [0.2, 0.25) is 0 Å². The molecule has 2 aliphatic rings. The molecule has 1 unspecified atom stereocenters. The maximum Gasteiger partial charge on any atom is 0.0373 e. The highest BCUT2D eigenvalue weighted by atomic mass is 15.2. The van der Waals surface area contributed by atoms with E-state index in [-0.39, 0.29) is 0 Å². The van der Waals surface area contributed by atoms with E-state index in [1.165, 1.54) is 50.0 Å². The quantitative estimate of drug-likeness (QED) is 0.893. The minimum Gasteiger partial charge on any atom is -0.383 e. The number of para-hydroxylation sites is 1. The van der Waals surface area contributed by atoms with Gasteiger partial charge in [0.15, 0.2) is 0 Å². The molecule has 1 saturated heterocycles. The van der Waals surface area contributed by atoms with E-state index in [1.807, 2.05) is 0 Å². The van der Waals surface area contributed by atoms with E-state index in [9.17, 15) is 0 Å². The van der Waals surface area contributed by atoms with Crippen molar-refractivity contribution in [3.8, 4) is 0 Å². The van der Waals surface area contributed by atoms with Crippen molar-refractivity contribution in [2.75, 3.05) is 39.0 Å². The minimum absolute atomic E-state index is 0.663. The van der Waals surface area contributed by atoms with Gasteiger partial charge in [0.05, 0.1) is 0 Å². The number of likely N-dealkylation sites (N-methyl/N-ethyl adjacent to an activating group) is 1. The number of anilines is 1. The number of piperidine rings is 1. The summed E-state index contributed by atoms with van der Waals surface area (Å²) in [4.78, 5) is 5.09. The molecule has 2 heterocycles. The molecular formula is C17H27N3. The molecule has 1 N–H and O–H groups in total. The lowest BCUT2D eigenvalue weighted by atomic mass is 9.99. The minimum atomic E-state index is 0.663. The van der Waals surface area contributed by atoms with Crippen molar-refractivity contribution >= 4 is 5.69 Å². The van der Waals surface area contributed by atoms with Gasteiger partial charge in [-0.3, -0.25) is 4.90 Å². The van der Waals surface area contributed by atoms with Crippen molar-refractivity contribution in [3.63, 3.8) is 0 Å². The molecule has 0 bridgehead atoms. The second kappa shape index (κ2) is 6.15. The summed E-state index contributed by atoms with van der Waals surface area (Å²) in [6.07, 6.45) is 5.10. The Morgan fingerprint density at radius 2 is 1.85 bits per heavy atom. The lowest BCUT2D eigenvalue weighted by Gasteiger charge is -2.39. The Morgan fingerprint density at radius 3 is 2.65 bits per heavy atom. The van der Waals surface area contributed by atoms with Gasteiger partial charge in [0.2, 0.25) is 0 Å². The van der Waals surface area contributed by atoms with Crippen LogP contribution in [0.15, 0.2) is 24.3 Å². The zero-order chi connectivity index (χ0) is 13.9. The summed E-state index contributed by atoms with van der Waals surface area (Å²) >= 11 is 0. The zero-order valence-corrected chi connectivity index (χ0v) is 12.8. The number of aryl methyl sites for hydroxylation is 1. The second-order valence-corrected chi connectivity index (χ2v) is 6.43. The van der Waals surface area contributed by atoms with E-state index in [0.29, 0.717) is 6.04 Å². The summed E-state index contributed by atoms with van der Waals surface area (Å²) in [6, 6.07) is 10.2. The van der Waals surface area contributed by atoms with Crippen molar-refractivity contribution in [3.05, 3.63) is 29.8 Å². The number of hydrogen-bond donors (Lipinski definition) is 1. The Hall–Kier alpha value is -1.06. The molecule has 20 heavy (non-hydrogen) atoms. The number of rotatable bonds is 2. The predicted molar refractivity (Wildman–Crippen MR) is 85.3 cm³/mol. The Balaban J connectivity index is 1.61. The first kappa shape index (κ1) is 13.9. The average Bonchev–Trinajstić information content (AvgIpc) is 2.70. The van der Waals surface area contributed by atoms with Crippen LogP contribution >= 0.6 is 0 Å². The predicted octanol–water partition coefficient (Wildman–Crippen LogP) is 2.44. The monoisotopic (exact) mass is 273 g/mol. The number of benzene rings is 1. The molecule has 0 amide bonds. The van der Waals surface area contributed by atoms with Crippen LogP contribution < -0.4 is 5.32 Å². The van der Waals surface area contributed by atoms with Crippen molar-refractivity contribution in [2.24, 2.45) is 0 Å². The molecule has 1 fully saturated rings. The summed E-state index contributed by atoms with van der Waals surface area (Å²) in [5.74, 6) is 0. The Labute approximate surface area is 123 Å². The highest BCUT2D eigenvalue weighted by Crippen LogP contribution is 2.25. The Bertz CT molecular complexity index is 411. The fourth-order valence-corrected chi connectivity index (χ4v) is 3.61. The van der Waals surface area contributed by atoms with E-state index < -0.39 is 0 Å². The number of nitrogens with one attached hydrogen (secondary N) is 1. The highest BCUT2D eigenvalue weighted by Gasteiger charge is 2.27. The molecule has 0 saturated carbocycles. The molecule has 3 rings (SSSR count). The Kier molecular flexibility index (Phi) is 4.27. The van der Waals surface area contributed by atoms with Crippen LogP contribution in [0.1, 0.15) is 24.8 Å². The van der Waals surface area contributed by atoms with Crippen molar-refractivity contribution < 1.29 is 0 Å². The molecule has 0 aliphatic carbocycles. The lowest BCUT2D eigenvalue weighted by Crippen LogP contribution is -2.48. The Morgan fingerprint density at radius 1 is 1.10 bits per heavy atom. The first-order valence-electron chi connectivity index (χ1n) is 7.96. The molecule has 1 atom stereocenters. The molecule has 2 aliphatic heterocycles. The summed E-state index contributed by atoms with van der Waals surface area (Å²) in [5, 5.41) is 3.65. The maximum absolute atomic E-state index is 3.65. The van der Waals surface area contributed by atoms with Gasteiger partial charge in [-0.1, -0.05) is 18.2 Å². The fourth-order valence-electron chi connectivity index (χ4n) is 3.61. The van der Waals surface area contributed by atoms with Gasteiger partial charge in [0.1, 0.15) is 0 Å². The standard InChI is InChI=1S/C17H27N3/c1-19-11-9-15(10-12-19)20(2)16-8-7-14-5-3-4-6-17(14)18-13-16/h3-6,15-16,18H,7-13H2,1-2H3. The van der Waals surface area contributed by atoms with Crippen molar-refractivity contribution in [1.82, 2.24) is 9.80 Å². The largest absolute Gasteiger partial charge is 0.383 e. The third-order valence-electron chi connectivity index (χ3n) is 5.13. The van der Waals surface area contributed by atoms with E-state index >= 15 is 0 Å². The van der Waals surface area contributed by atoms with Crippen LogP contribution in [0.25, 0.3) is 0 Å². The van der Waals surface area contributed by atoms with Crippen LogP contribution in [0.5, 0.6) is 0 Å². The number of nitrogens with zero attached hydrogens (tertiary/aromatic N) is 2. The normalized spacial score (nSPS) is 25.1. The van der Waals surface area contributed by atoms with E-state index in [1.54, 1.807) is 0 Å². The van der Waals surface area contributed by atoms with Gasteiger partial charge in [0, 0.05) is 24.3 Å². The van der Waals surface area contributed by atoms with Crippen LogP contribution in [-0.2, 0) is 6.42 Å². The third kappa shape index (κ3) is 2.99. The first-order chi connectivity index (χ1) is 9.74. The average molecular weight is 273 g/mol. The molecule has 110 valence electrons. The number of hydrogen-bond acceptors (Lipinski definition) is 3. The summed E-state index contributed by atoms with van der Waals surface area (Å²) in [5.41, 5.74) is 2.82. The van der Waals surface area contributed by atoms with Crippen LogP contribution in [-0.4, -0.2) is 55.6 Å². The molecular weight excluding hydrogens is 246 g/mol. The van der Waals surface area contributed by atoms with E-state index in [4.69, 9.17) is 0 Å². The van der Waals surface area contributed by atoms with Gasteiger partial charge in [-0.2, -0.15) is 0 Å². The third-order valence-corrected chi connectivity index (χ3v) is 5.13. The van der Waals surface area contributed by atoms with Crippen molar-refractivity contribution in [2.45, 2.75) is 37.8 Å². The highest BCUT2D eigenvalue weighted by molar-refractivity contribution is 5.52. The summed E-state index contributed by atoms with van der Waals surface area (Å²) in [7, 11) is 4.57. The number of fused-ring (bicyclic) bond motifs is 1. The van der Waals surface area contributed by atoms with E-state index in [2.05, 4.69) is 53.5 Å². The van der Waals surface area contributed by atoms with Crippen LogP contribution in [0, 0.1) is 0 Å². The van der Waals surface area contributed by atoms with Gasteiger partial charge < -0.3 is 10.2 Å². The number of likely N-dealkylation sites (tertiary alicyclic amines) is 1. The van der Waals surface area contributed by atoms with Gasteiger partial charge >= 0.3 is 0 Å². The first-order valence-corrected chi connectivity index (χ1v) is 7.96. The fraction of sp³-hybridized carbons (Fsp3) is 0.647. The van der Waals surface area contributed by atoms with Gasteiger partial charge in [-0.15, -0.1) is 0 Å². The summed E-state index contributed by atoms with van der Waals surface area (Å²) in [6.45, 7) is 3.57. The molecule has 0 aromatic heterocycles. The van der Waals surface area contributed by atoms with E-state index in [0.717, 1.165) is 12.6 Å². The zero-order valence-electron chi connectivity index (χ0n) is 12.8. The van der Waals surface area contributed by atoms with Gasteiger partial charge in [-0.25, -0.2) is 0 Å². The summed E-state index contributed by atoms with van der Waals surface area (Å²) < 4.78 is 0. The van der Waals surface area contributed by atoms with Crippen LogP contribution in [0.3, 0.4) is 0 Å². The molecule has 1 aromatic carbocycles. The topological polar surface area (TPSA) is 18.5 Å². The van der Waals surface area contributed by atoms with Gasteiger partial charge in [0.25, 0.3) is 0 Å². The molecule has 3 nitrogen and oxygen atoms in total. The lowest BCUT2D eigenvalue weighted by molar-refractivity contribution is 0.108. The SMILES string of the molecule is CN1CCC(N(C)C2CCc3ccccc3NC2)CC1. The molecule has 3 heteroatoms. The molecule has 0 spiro atoms. The van der Waals surface area contributed by atoms with Crippen molar-refractivity contribution in [1.29, 1.82) is 0 Å². The smallest absolute Gasteiger partial charge is 0.0373 e. The second-order valence-electron chi connectivity index (χ2n) is 6.43. The molecule has 1 aromatic rings. The van der Waals surface area contributed by atoms with Gasteiger partial charge in [-0.05, 0) is 64.5 Å². The van der Waals surface area contributed by atoms with Crippen LogP contribution in [0.4, 0.5) is 5.69 Å².